The van der Waals surface area contributed by atoms with Gasteiger partial charge in [-0.25, -0.2) is 0 Å². The molecule has 1 saturated heterocycles. The molecular formula is C25H26Cl2N2O3S. The topological polar surface area (TPSA) is 50.8 Å². The number of benzene rings is 2. The number of nitrogens with one attached hydrogen (secondary N) is 1. The third-order valence-corrected chi connectivity index (χ3v) is 6.62. The summed E-state index contributed by atoms with van der Waals surface area (Å²) in [6.07, 6.45) is 7.20. The van der Waals surface area contributed by atoms with E-state index >= 15 is 0 Å². The highest BCUT2D eigenvalue weighted by Gasteiger charge is 2.36. The third kappa shape index (κ3) is 5.62. The number of amides is 1. The molecule has 2 fully saturated rings. The second kappa shape index (κ2) is 10.8. The Morgan fingerprint density at radius 2 is 1.85 bits per heavy atom. The van der Waals surface area contributed by atoms with Gasteiger partial charge in [-0.3, -0.25) is 9.69 Å². The van der Waals surface area contributed by atoms with E-state index in [1.54, 1.807) is 17.0 Å². The second-order valence-electron chi connectivity index (χ2n) is 8.13. The molecule has 2 aliphatic rings. The van der Waals surface area contributed by atoms with Crippen molar-refractivity contribution < 1.29 is 14.3 Å². The molecule has 1 N–H and O–H groups in total. The van der Waals surface area contributed by atoms with Crippen molar-refractivity contribution in [2.24, 2.45) is 0 Å². The molecule has 33 heavy (non-hydrogen) atoms. The van der Waals surface area contributed by atoms with Gasteiger partial charge in [0.1, 0.15) is 12.3 Å². The number of thiocarbonyl (C=S) groups is 1. The molecule has 0 bridgehead atoms. The van der Waals surface area contributed by atoms with Crippen LogP contribution in [-0.2, 0) is 11.4 Å². The van der Waals surface area contributed by atoms with Gasteiger partial charge in [0.05, 0.1) is 11.6 Å². The first-order chi connectivity index (χ1) is 16.0. The molecule has 2 aromatic carbocycles. The molecule has 1 aliphatic heterocycles. The Hall–Kier alpha value is -2.28. The average Bonchev–Trinajstić information content (AvgIpc) is 3.08. The molecule has 4 rings (SSSR count). The highest BCUT2D eigenvalue weighted by molar-refractivity contribution is 7.80. The highest BCUT2D eigenvalue weighted by Crippen LogP contribution is 2.38. The number of hydrogen-bond donors (Lipinski definition) is 1. The predicted molar refractivity (Wildman–Crippen MR) is 136 cm³/mol. The number of carbonyl (C=O) groups is 1. The fraction of sp³-hybridized carbons (Fsp3) is 0.360. The molecule has 1 aliphatic carbocycles. The van der Waals surface area contributed by atoms with Crippen molar-refractivity contribution in [3.63, 3.8) is 0 Å². The van der Waals surface area contributed by atoms with Crippen molar-refractivity contribution in [3.05, 3.63) is 63.3 Å². The van der Waals surface area contributed by atoms with Gasteiger partial charge >= 0.3 is 0 Å². The van der Waals surface area contributed by atoms with Gasteiger partial charge < -0.3 is 14.8 Å². The van der Waals surface area contributed by atoms with E-state index in [4.69, 9.17) is 44.9 Å². The molecular weight excluding hydrogens is 479 g/mol. The summed E-state index contributed by atoms with van der Waals surface area (Å²) in [5.41, 5.74) is 2.13. The van der Waals surface area contributed by atoms with Crippen LogP contribution in [0.1, 0.15) is 50.2 Å². The normalized spacial score (nSPS) is 18.0. The fourth-order valence-corrected chi connectivity index (χ4v) is 4.94. The van der Waals surface area contributed by atoms with Gasteiger partial charge in [0.25, 0.3) is 5.91 Å². The van der Waals surface area contributed by atoms with Crippen LogP contribution < -0.4 is 14.8 Å². The standard InChI is InChI=1S/C25H26Cl2N2O3S/c1-2-31-22-14-17(12-20(27)23(22)32-15-16-8-10-18(26)11-9-16)13-21-24(30)29(25(33)28-21)19-6-4-3-5-7-19/h8-14,19H,2-7,15H2,1H3,(H,28,33)/b21-13-. The lowest BCUT2D eigenvalue weighted by molar-refractivity contribution is -0.124. The lowest BCUT2D eigenvalue weighted by atomic mass is 9.94. The van der Waals surface area contributed by atoms with Crippen molar-refractivity contribution in [1.29, 1.82) is 0 Å². The van der Waals surface area contributed by atoms with E-state index in [1.165, 1.54) is 6.42 Å². The third-order valence-electron chi connectivity index (χ3n) is 5.79. The summed E-state index contributed by atoms with van der Waals surface area (Å²) >= 11 is 18.0. The minimum atomic E-state index is -0.0935. The van der Waals surface area contributed by atoms with Gasteiger partial charge in [-0.05, 0) is 73.5 Å². The maximum atomic E-state index is 13.1. The van der Waals surface area contributed by atoms with Gasteiger partial charge in [-0.2, -0.15) is 0 Å². The monoisotopic (exact) mass is 504 g/mol. The Bertz CT molecular complexity index is 1070. The average molecular weight is 505 g/mol. The number of rotatable bonds is 7. The zero-order valence-electron chi connectivity index (χ0n) is 18.4. The molecule has 0 unspecified atom stereocenters. The largest absolute Gasteiger partial charge is 0.490 e. The first-order valence-electron chi connectivity index (χ1n) is 11.2. The molecule has 2 aromatic rings. The maximum absolute atomic E-state index is 13.1. The molecule has 0 spiro atoms. The van der Waals surface area contributed by atoms with Crippen molar-refractivity contribution >= 4 is 52.5 Å². The molecule has 0 aromatic heterocycles. The molecule has 1 amide bonds. The minimum Gasteiger partial charge on any atom is -0.490 e. The molecule has 5 nitrogen and oxygen atoms in total. The van der Waals surface area contributed by atoms with Gasteiger partial charge in [0.2, 0.25) is 0 Å². The summed E-state index contributed by atoms with van der Waals surface area (Å²) in [7, 11) is 0. The quantitative estimate of drug-likeness (QED) is 0.351. The Morgan fingerprint density at radius 1 is 1.12 bits per heavy atom. The van der Waals surface area contributed by atoms with Crippen LogP contribution in [0, 0.1) is 0 Å². The van der Waals surface area contributed by atoms with E-state index in [1.807, 2.05) is 37.3 Å². The lowest BCUT2D eigenvalue weighted by Crippen LogP contribution is -2.41. The lowest BCUT2D eigenvalue weighted by Gasteiger charge is -2.29. The molecule has 8 heteroatoms. The number of nitrogens with zero attached hydrogens (tertiary/aromatic N) is 1. The van der Waals surface area contributed by atoms with Crippen LogP contribution in [0.5, 0.6) is 11.5 Å². The molecule has 0 radical (unpaired) electrons. The first kappa shape index (κ1) is 23.9. The second-order valence-corrected chi connectivity index (χ2v) is 9.36. The number of ether oxygens (including phenoxy) is 2. The van der Waals surface area contributed by atoms with Crippen LogP contribution in [0.4, 0.5) is 0 Å². The number of carbonyl (C=O) groups excluding carboxylic acids is 1. The first-order valence-corrected chi connectivity index (χ1v) is 12.3. The Balaban J connectivity index is 1.55. The zero-order valence-corrected chi connectivity index (χ0v) is 20.7. The van der Waals surface area contributed by atoms with Gasteiger partial charge in [-0.1, -0.05) is 54.6 Å². The minimum absolute atomic E-state index is 0.0935. The summed E-state index contributed by atoms with van der Waals surface area (Å²) in [5.74, 6) is 0.882. The van der Waals surface area contributed by atoms with E-state index < -0.39 is 0 Å². The fourth-order valence-electron chi connectivity index (χ4n) is 4.20. The van der Waals surface area contributed by atoms with E-state index in [9.17, 15) is 4.79 Å². The molecule has 0 atom stereocenters. The van der Waals surface area contributed by atoms with E-state index in [0.29, 0.717) is 45.6 Å². The molecule has 1 heterocycles. The Labute approximate surface area is 209 Å². The van der Waals surface area contributed by atoms with Crippen LogP contribution in [0.2, 0.25) is 10.0 Å². The SMILES string of the molecule is CCOc1cc(/C=C2\NC(=S)N(C3CCCCC3)C2=O)cc(Cl)c1OCc1ccc(Cl)cc1. The number of halogens is 2. The summed E-state index contributed by atoms with van der Waals surface area (Å²) in [4.78, 5) is 14.8. The van der Waals surface area contributed by atoms with Crippen LogP contribution >= 0.6 is 35.4 Å². The van der Waals surface area contributed by atoms with Gasteiger partial charge in [0.15, 0.2) is 16.6 Å². The zero-order chi connectivity index (χ0) is 23.4. The van der Waals surface area contributed by atoms with Crippen LogP contribution in [-0.4, -0.2) is 28.6 Å². The Kier molecular flexibility index (Phi) is 7.78. The molecule has 174 valence electrons. The summed E-state index contributed by atoms with van der Waals surface area (Å²) in [6.45, 7) is 2.66. The van der Waals surface area contributed by atoms with Crippen molar-refractivity contribution in [3.8, 4) is 11.5 Å². The van der Waals surface area contributed by atoms with Crippen LogP contribution in [0.3, 0.4) is 0 Å². The van der Waals surface area contributed by atoms with E-state index in [-0.39, 0.29) is 11.9 Å². The van der Waals surface area contributed by atoms with Gasteiger partial charge in [-0.15, -0.1) is 0 Å². The smallest absolute Gasteiger partial charge is 0.276 e. The van der Waals surface area contributed by atoms with Crippen molar-refractivity contribution in [1.82, 2.24) is 10.2 Å². The Morgan fingerprint density at radius 3 is 2.55 bits per heavy atom. The molecule has 1 saturated carbocycles. The predicted octanol–water partition coefficient (Wildman–Crippen LogP) is 6.36. The van der Waals surface area contributed by atoms with Gasteiger partial charge in [0, 0.05) is 11.1 Å². The highest BCUT2D eigenvalue weighted by atomic mass is 35.5. The van der Waals surface area contributed by atoms with E-state index in [0.717, 1.165) is 36.8 Å². The van der Waals surface area contributed by atoms with Crippen molar-refractivity contribution in [2.45, 2.75) is 51.7 Å². The summed E-state index contributed by atoms with van der Waals surface area (Å²) in [5, 5.41) is 4.62. The summed E-state index contributed by atoms with van der Waals surface area (Å²) in [6, 6.07) is 11.2. The maximum Gasteiger partial charge on any atom is 0.276 e. The van der Waals surface area contributed by atoms with E-state index in [2.05, 4.69) is 5.32 Å². The van der Waals surface area contributed by atoms with Crippen molar-refractivity contribution in [2.75, 3.05) is 6.61 Å². The van der Waals surface area contributed by atoms with Crippen LogP contribution in [0.25, 0.3) is 6.08 Å². The van der Waals surface area contributed by atoms with Crippen LogP contribution in [0.15, 0.2) is 42.1 Å². The number of hydrogen-bond acceptors (Lipinski definition) is 4. The summed E-state index contributed by atoms with van der Waals surface area (Å²) < 4.78 is 11.8.